The number of esters is 1. The molecule has 2 aromatic rings. The summed E-state index contributed by atoms with van der Waals surface area (Å²) in [7, 11) is 4.64. The van der Waals surface area contributed by atoms with Gasteiger partial charge in [0.15, 0.2) is 23.0 Å². The summed E-state index contributed by atoms with van der Waals surface area (Å²) in [5, 5.41) is 11.5. The molecule has 1 N–H and O–H groups in total. The number of fused-ring (bicyclic) bond motifs is 3. The largest absolute Gasteiger partial charge is 0.493 e. The lowest BCUT2D eigenvalue weighted by Gasteiger charge is -2.50. The molecule has 0 spiro atoms. The fraction of sp³-hybridized carbons (Fsp3) is 0.458. The number of carbonyl (C=O) groups excluding carboxylic acids is 1. The van der Waals surface area contributed by atoms with E-state index in [4.69, 9.17) is 28.4 Å². The van der Waals surface area contributed by atoms with Crippen LogP contribution in [0.15, 0.2) is 24.3 Å². The molecule has 0 unspecified atom stereocenters. The number of rotatable bonds is 4. The Labute approximate surface area is 185 Å². The monoisotopic (exact) mass is 442 g/mol. The minimum atomic E-state index is -1.06. The van der Waals surface area contributed by atoms with Crippen molar-refractivity contribution in [2.45, 2.75) is 25.9 Å². The smallest absolute Gasteiger partial charge is 0.313 e. The van der Waals surface area contributed by atoms with Crippen LogP contribution in [0.4, 0.5) is 0 Å². The molecule has 2 heterocycles. The molecule has 5 rings (SSSR count). The van der Waals surface area contributed by atoms with E-state index in [1.807, 2.05) is 32.0 Å². The van der Waals surface area contributed by atoms with Crippen molar-refractivity contribution in [3.63, 3.8) is 0 Å². The van der Waals surface area contributed by atoms with Crippen molar-refractivity contribution in [2.24, 2.45) is 10.8 Å². The van der Waals surface area contributed by atoms with E-state index in [-0.39, 0.29) is 19.4 Å². The minimum Gasteiger partial charge on any atom is -0.493 e. The summed E-state index contributed by atoms with van der Waals surface area (Å²) >= 11 is 0. The second-order valence-corrected chi connectivity index (χ2v) is 8.82. The Hall–Kier alpha value is -3.13. The average Bonchev–Trinajstić information content (AvgIpc) is 3.35. The van der Waals surface area contributed by atoms with Crippen molar-refractivity contribution in [1.29, 1.82) is 0 Å². The van der Waals surface area contributed by atoms with Gasteiger partial charge < -0.3 is 33.5 Å². The van der Waals surface area contributed by atoms with Crippen molar-refractivity contribution < 1.29 is 38.3 Å². The van der Waals surface area contributed by atoms with Crippen molar-refractivity contribution >= 4 is 5.97 Å². The highest BCUT2D eigenvalue weighted by molar-refractivity contribution is 5.84. The van der Waals surface area contributed by atoms with Gasteiger partial charge in [0.2, 0.25) is 12.5 Å². The molecular weight excluding hydrogens is 416 g/mol. The molecule has 170 valence electrons. The third-order valence-corrected chi connectivity index (χ3v) is 7.50. The van der Waals surface area contributed by atoms with Crippen LogP contribution in [0.5, 0.6) is 28.7 Å². The van der Waals surface area contributed by atoms with Crippen LogP contribution < -0.4 is 23.7 Å². The number of methoxy groups -OCH3 is 3. The molecule has 8 nitrogen and oxygen atoms in total. The first-order valence-electron chi connectivity index (χ1n) is 10.4. The molecule has 2 aromatic carbocycles. The van der Waals surface area contributed by atoms with E-state index < -0.39 is 22.9 Å². The van der Waals surface area contributed by atoms with Gasteiger partial charge in [0, 0.05) is 11.3 Å². The van der Waals surface area contributed by atoms with Gasteiger partial charge in [-0.15, -0.1) is 0 Å². The van der Waals surface area contributed by atoms with Gasteiger partial charge in [-0.1, -0.05) is 6.92 Å². The predicted molar refractivity (Wildman–Crippen MR) is 113 cm³/mol. The van der Waals surface area contributed by atoms with Crippen LogP contribution in [-0.4, -0.2) is 45.8 Å². The lowest BCUT2D eigenvalue weighted by molar-refractivity contribution is -0.149. The van der Waals surface area contributed by atoms with Gasteiger partial charge in [0.25, 0.3) is 0 Å². The first-order valence-corrected chi connectivity index (χ1v) is 10.4. The summed E-state index contributed by atoms with van der Waals surface area (Å²) in [5.41, 5.74) is 0.313. The second kappa shape index (κ2) is 6.93. The number of benzene rings is 2. The topological polar surface area (TPSA) is 92.7 Å². The summed E-state index contributed by atoms with van der Waals surface area (Å²) in [6.45, 7) is 3.96. The maximum absolute atomic E-state index is 13.3. The van der Waals surface area contributed by atoms with Crippen molar-refractivity contribution in [3.8, 4) is 28.7 Å². The molecule has 1 saturated heterocycles. The lowest BCUT2D eigenvalue weighted by atomic mass is 9.50. The van der Waals surface area contributed by atoms with Crippen molar-refractivity contribution in [1.82, 2.24) is 0 Å². The van der Waals surface area contributed by atoms with E-state index in [1.165, 1.54) is 0 Å². The number of carbonyl (C=O) groups is 1. The number of hydrogen-bond donors (Lipinski definition) is 1. The Balaban J connectivity index is 1.82. The SMILES string of the molecule is COc1cc([C@@H]2c3cc4c(cc3[C@H](O)[C@@]3(C)COC(=O)[C@@]23C)OCO4)cc(OC)c1OC. The fourth-order valence-corrected chi connectivity index (χ4v) is 5.45. The second-order valence-electron chi connectivity index (χ2n) is 8.82. The van der Waals surface area contributed by atoms with Crippen molar-refractivity contribution in [2.75, 3.05) is 34.7 Å². The maximum atomic E-state index is 13.3. The van der Waals surface area contributed by atoms with Crippen LogP contribution >= 0.6 is 0 Å². The quantitative estimate of drug-likeness (QED) is 0.722. The molecule has 0 radical (unpaired) electrons. The van der Waals surface area contributed by atoms with Gasteiger partial charge in [0.1, 0.15) is 6.61 Å². The van der Waals surface area contributed by atoms with E-state index in [0.717, 1.165) is 11.1 Å². The van der Waals surface area contributed by atoms with Crippen LogP contribution in [0.1, 0.15) is 42.6 Å². The third-order valence-electron chi connectivity index (χ3n) is 7.50. The first-order chi connectivity index (χ1) is 15.3. The van der Waals surface area contributed by atoms with Crippen LogP contribution in [-0.2, 0) is 9.53 Å². The molecule has 32 heavy (non-hydrogen) atoms. The van der Waals surface area contributed by atoms with E-state index in [9.17, 15) is 9.90 Å². The zero-order valence-electron chi connectivity index (χ0n) is 18.7. The molecular formula is C24H26O8. The Morgan fingerprint density at radius 1 is 0.906 bits per heavy atom. The molecule has 0 bridgehead atoms. The maximum Gasteiger partial charge on any atom is 0.313 e. The predicted octanol–water partition coefficient (Wildman–Crippen LogP) is 3.19. The highest BCUT2D eigenvalue weighted by atomic mass is 16.7. The van der Waals surface area contributed by atoms with Gasteiger partial charge in [0.05, 0.1) is 32.8 Å². The molecule has 0 amide bonds. The number of cyclic esters (lactones) is 1. The number of aliphatic hydroxyl groups is 1. The Morgan fingerprint density at radius 2 is 1.50 bits per heavy atom. The Bertz CT molecular complexity index is 1090. The molecule has 3 aliphatic rings. The summed E-state index contributed by atoms with van der Waals surface area (Å²) < 4.78 is 33.4. The lowest BCUT2D eigenvalue weighted by Crippen LogP contribution is -2.51. The number of hydrogen-bond acceptors (Lipinski definition) is 8. The van der Waals surface area contributed by atoms with Gasteiger partial charge in [-0.05, 0) is 47.9 Å². The minimum absolute atomic E-state index is 0.109. The number of ether oxygens (including phenoxy) is 6. The molecule has 0 saturated carbocycles. The van der Waals surface area contributed by atoms with Gasteiger partial charge in [-0.3, -0.25) is 4.79 Å². The van der Waals surface area contributed by atoms with E-state index >= 15 is 0 Å². The van der Waals surface area contributed by atoms with Crippen LogP contribution in [0.25, 0.3) is 0 Å². The highest BCUT2D eigenvalue weighted by Gasteiger charge is 2.67. The highest BCUT2D eigenvalue weighted by Crippen LogP contribution is 2.67. The molecule has 2 aliphatic heterocycles. The van der Waals surface area contributed by atoms with Crippen LogP contribution in [0, 0.1) is 10.8 Å². The van der Waals surface area contributed by atoms with Crippen LogP contribution in [0.3, 0.4) is 0 Å². The molecule has 8 heteroatoms. The number of aliphatic hydroxyl groups excluding tert-OH is 1. The summed E-state index contributed by atoms with van der Waals surface area (Å²) in [4.78, 5) is 13.3. The fourth-order valence-electron chi connectivity index (χ4n) is 5.45. The molecule has 0 aromatic heterocycles. The Kier molecular flexibility index (Phi) is 4.50. The van der Waals surface area contributed by atoms with Crippen molar-refractivity contribution in [3.05, 3.63) is 41.0 Å². The Morgan fingerprint density at radius 3 is 2.06 bits per heavy atom. The standard InChI is InChI=1S/C24H26O8/c1-23-10-30-22(26)24(23,2)19(12-6-17(27-3)20(29-5)18(7-12)28-4)13-8-15-16(32-11-31-15)9-14(13)21(23)25/h6-9,19,21,25H,10-11H2,1-5H3/t19-,21+,23-,24-/m1/s1. The van der Waals surface area contributed by atoms with Gasteiger partial charge >= 0.3 is 5.97 Å². The van der Waals surface area contributed by atoms with Crippen LogP contribution in [0.2, 0.25) is 0 Å². The normalized spacial score (nSPS) is 29.8. The zero-order chi connectivity index (χ0) is 22.8. The van der Waals surface area contributed by atoms with E-state index in [2.05, 4.69) is 0 Å². The zero-order valence-corrected chi connectivity index (χ0v) is 18.7. The summed E-state index contributed by atoms with van der Waals surface area (Å²) in [5.74, 6) is 1.74. The third kappa shape index (κ3) is 2.44. The average molecular weight is 442 g/mol. The van der Waals surface area contributed by atoms with Gasteiger partial charge in [-0.2, -0.15) is 0 Å². The van der Waals surface area contributed by atoms with E-state index in [0.29, 0.717) is 34.3 Å². The molecule has 1 fully saturated rings. The first kappa shape index (κ1) is 20.8. The summed E-state index contributed by atoms with van der Waals surface area (Å²) in [6.07, 6.45) is -0.929. The van der Waals surface area contributed by atoms with E-state index in [1.54, 1.807) is 27.4 Å². The summed E-state index contributed by atoms with van der Waals surface area (Å²) in [6, 6.07) is 7.34. The molecule has 1 aliphatic carbocycles. The molecule has 4 atom stereocenters. The van der Waals surface area contributed by atoms with Gasteiger partial charge in [-0.25, -0.2) is 0 Å².